The average molecular weight is 289 g/mol. The maximum Gasteiger partial charge on any atom is 0.261 e. The zero-order valence-electron chi connectivity index (χ0n) is 12.6. The highest BCUT2D eigenvalue weighted by Gasteiger charge is 2.30. The van der Waals surface area contributed by atoms with Gasteiger partial charge < -0.3 is 15.2 Å². The number of rotatable bonds is 3. The van der Waals surface area contributed by atoms with Crippen LogP contribution in [0.1, 0.15) is 47.3 Å². The van der Waals surface area contributed by atoms with Crippen LogP contribution >= 0.6 is 0 Å². The van der Waals surface area contributed by atoms with E-state index in [2.05, 4.69) is 10.3 Å². The van der Waals surface area contributed by atoms with E-state index in [-0.39, 0.29) is 17.5 Å². The zero-order chi connectivity index (χ0) is 14.8. The van der Waals surface area contributed by atoms with Gasteiger partial charge in [0.15, 0.2) is 0 Å². The first-order valence-electron chi connectivity index (χ1n) is 7.91. The molecule has 2 N–H and O–H groups in total. The highest BCUT2D eigenvalue weighted by molar-refractivity contribution is 5.94. The third-order valence-electron chi connectivity index (χ3n) is 4.65. The van der Waals surface area contributed by atoms with Gasteiger partial charge in [-0.25, -0.2) is 0 Å². The van der Waals surface area contributed by atoms with Gasteiger partial charge >= 0.3 is 0 Å². The first kappa shape index (κ1) is 14.3. The molecule has 5 heteroatoms. The average Bonchev–Trinajstić information content (AvgIpc) is 2.94. The molecule has 0 bridgehead atoms. The monoisotopic (exact) mass is 289 g/mol. The summed E-state index contributed by atoms with van der Waals surface area (Å²) >= 11 is 0. The van der Waals surface area contributed by atoms with Crippen LogP contribution in [0.3, 0.4) is 0 Å². The molecule has 21 heavy (non-hydrogen) atoms. The molecule has 1 saturated heterocycles. The Morgan fingerprint density at radius 3 is 3.00 bits per heavy atom. The van der Waals surface area contributed by atoms with E-state index >= 15 is 0 Å². The maximum absolute atomic E-state index is 12.7. The SMILES string of the molecule is CNCC1CCCN1C(=O)c1cc2c([nH]c1=O)CCCC2. The summed E-state index contributed by atoms with van der Waals surface area (Å²) in [6, 6.07) is 2.04. The van der Waals surface area contributed by atoms with Gasteiger partial charge in [0, 0.05) is 24.8 Å². The summed E-state index contributed by atoms with van der Waals surface area (Å²) in [5.74, 6) is -0.109. The van der Waals surface area contributed by atoms with Crippen molar-refractivity contribution in [1.29, 1.82) is 0 Å². The van der Waals surface area contributed by atoms with Crippen molar-refractivity contribution < 1.29 is 4.79 Å². The molecule has 0 radical (unpaired) electrons. The van der Waals surface area contributed by atoms with Crippen LogP contribution in [0.5, 0.6) is 0 Å². The Morgan fingerprint density at radius 1 is 1.38 bits per heavy atom. The minimum atomic E-state index is -0.226. The summed E-state index contributed by atoms with van der Waals surface area (Å²) < 4.78 is 0. The molecule has 1 unspecified atom stereocenters. The number of H-pyrrole nitrogens is 1. The van der Waals surface area contributed by atoms with Crippen LogP contribution in [-0.2, 0) is 12.8 Å². The zero-order valence-corrected chi connectivity index (χ0v) is 12.6. The summed E-state index contributed by atoms with van der Waals surface area (Å²) in [5, 5.41) is 3.13. The topological polar surface area (TPSA) is 65.2 Å². The van der Waals surface area contributed by atoms with Crippen molar-refractivity contribution in [2.45, 2.75) is 44.6 Å². The van der Waals surface area contributed by atoms with Crippen molar-refractivity contribution in [3.63, 3.8) is 0 Å². The van der Waals surface area contributed by atoms with Gasteiger partial charge in [-0.15, -0.1) is 0 Å². The first-order chi connectivity index (χ1) is 10.2. The molecule has 1 aliphatic heterocycles. The van der Waals surface area contributed by atoms with Crippen LogP contribution in [0.25, 0.3) is 0 Å². The molecular formula is C16H23N3O2. The van der Waals surface area contributed by atoms with Crippen molar-refractivity contribution >= 4 is 5.91 Å². The summed E-state index contributed by atoms with van der Waals surface area (Å²) in [7, 11) is 1.90. The lowest BCUT2D eigenvalue weighted by molar-refractivity contribution is 0.0735. The van der Waals surface area contributed by atoms with Crippen molar-refractivity contribution in [1.82, 2.24) is 15.2 Å². The van der Waals surface area contributed by atoms with Gasteiger partial charge in [-0.05, 0) is 57.2 Å². The fourth-order valence-corrected chi connectivity index (χ4v) is 3.54. The van der Waals surface area contributed by atoms with E-state index in [0.29, 0.717) is 5.56 Å². The van der Waals surface area contributed by atoms with Crippen LogP contribution in [-0.4, -0.2) is 42.0 Å². The minimum absolute atomic E-state index is 0.109. The number of carbonyl (C=O) groups is 1. The normalized spacial score (nSPS) is 21.4. The molecule has 1 aromatic heterocycles. The number of amides is 1. The molecule has 114 valence electrons. The number of likely N-dealkylation sites (N-methyl/N-ethyl adjacent to an activating group) is 1. The minimum Gasteiger partial charge on any atom is -0.334 e. The van der Waals surface area contributed by atoms with Gasteiger partial charge in [-0.1, -0.05) is 0 Å². The predicted molar refractivity (Wildman–Crippen MR) is 81.7 cm³/mol. The maximum atomic E-state index is 12.7. The Balaban J connectivity index is 1.89. The molecule has 1 amide bonds. The fourth-order valence-electron chi connectivity index (χ4n) is 3.54. The summed E-state index contributed by atoms with van der Waals surface area (Å²) in [6.07, 6.45) is 6.17. The summed E-state index contributed by atoms with van der Waals surface area (Å²) in [5.41, 5.74) is 2.26. The lowest BCUT2D eigenvalue weighted by Gasteiger charge is -2.25. The Kier molecular flexibility index (Phi) is 4.10. The molecule has 5 nitrogen and oxygen atoms in total. The second kappa shape index (κ2) is 6.02. The van der Waals surface area contributed by atoms with Crippen molar-refractivity contribution in [3.8, 4) is 0 Å². The number of fused-ring (bicyclic) bond motifs is 1. The van der Waals surface area contributed by atoms with E-state index in [0.717, 1.165) is 62.9 Å². The molecule has 2 heterocycles. The fraction of sp³-hybridized carbons (Fsp3) is 0.625. The molecule has 2 aliphatic rings. The summed E-state index contributed by atoms with van der Waals surface area (Å²) in [4.78, 5) is 29.7. The van der Waals surface area contributed by atoms with Crippen LogP contribution in [0, 0.1) is 0 Å². The van der Waals surface area contributed by atoms with E-state index < -0.39 is 0 Å². The molecule has 0 aromatic carbocycles. The lowest BCUT2D eigenvalue weighted by Crippen LogP contribution is -2.42. The van der Waals surface area contributed by atoms with Gasteiger partial charge in [0.2, 0.25) is 0 Å². The van der Waals surface area contributed by atoms with Gasteiger partial charge in [0.1, 0.15) is 5.56 Å². The number of likely N-dealkylation sites (tertiary alicyclic amines) is 1. The van der Waals surface area contributed by atoms with Crippen molar-refractivity contribution in [2.24, 2.45) is 0 Å². The number of aromatic nitrogens is 1. The molecule has 1 aliphatic carbocycles. The van der Waals surface area contributed by atoms with E-state index in [9.17, 15) is 9.59 Å². The number of hydrogen-bond donors (Lipinski definition) is 2. The Hall–Kier alpha value is -1.62. The van der Waals surface area contributed by atoms with Crippen molar-refractivity contribution in [3.05, 3.63) is 33.2 Å². The number of aromatic amines is 1. The van der Waals surface area contributed by atoms with Gasteiger partial charge in [-0.3, -0.25) is 9.59 Å². The quantitative estimate of drug-likeness (QED) is 0.875. The molecule has 1 atom stereocenters. The number of aryl methyl sites for hydroxylation is 2. The largest absolute Gasteiger partial charge is 0.334 e. The van der Waals surface area contributed by atoms with Gasteiger partial charge in [0.25, 0.3) is 11.5 Å². The number of pyridine rings is 1. The summed E-state index contributed by atoms with van der Waals surface area (Å²) in [6.45, 7) is 1.54. The second-order valence-corrected chi connectivity index (χ2v) is 6.08. The van der Waals surface area contributed by atoms with E-state index in [1.165, 1.54) is 0 Å². The standard InChI is InChI=1S/C16H23N3O2/c1-17-10-12-6-4-8-19(12)16(21)13-9-11-5-2-3-7-14(11)18-15(13)20/h9,12,17H,2-8,10H2,1H3,(H,18,20). The first-order valence-corrected chi connectivity index (χ1v) is 7.91. The van der Waals surface area contributed by atoms with Crippen LogP contribution < -0.4 is 10.9 Å². The number of nitrogens with zero attached hydrogens (tertiary/aromatic N) is 1. The predicted octanol–water partition coefficient (Wildman–Crippen LogP) is 1.08. The Morgan fingerprint density at radius 2 is 2.19 bits per heavy atom. The highest BCUT2D eigenvalue weighted by atomic mass is 16.2. The molecular weight excluding hydrogens is 266 g/mol. The van der Waals surface area contributed by atoms with E-state index in [1.807, 2.05) is 18.0 Å². The molecule has 0 spiro atoms. The molecule has 3 rings (SSSR count). The smallest absolute Gasteiger partial charge is 0.261 e. The van der Waals surface area contributed by atoms with E-state index in [1.54, 1.807) is 0 Å². The van der Waals surface area contributed by atoms with Crippen LogP contribution in [0.15, 0.2) is 10.9 Å². The lowest BCUT2D eigenvalue weighted by atomic mass is 9.95. The third-order valence-corrected chi connectivity index (χ3v) is 4.65. The Labute approximate surface area is 124 Å². The third kappa shape index (κ3) is 2.75. The Bertz CT molecular complexity index is 594. The molecule has 0 saturated carbocycles. The van der Waals surface area contributed by atoms with Gasteiger partial charge in [0.05, 0.1) is 0 Å². The number of carbonyl (C=O) groups excluding carboxylic acids is 1. The number of nitrogens with one attached hydrogen (secondary N) is 2. The molecule has 1 aromatic rings. The number of hydrogen-bond acceptors (Lipinski definition) is 3. The van der Waals surface area contributed by atoms with Crippen molar-refractivity contribution in [2.75, 3.05) is 20.1 Å². The second-order valence-electron chi connectivity index (χ2n) is 6.08. The molecule has 1 fully saturated rings. The van der Waals surface area contributed by atoms with Crippen LogP contribution in [0.2, 0.25) is 0 Å². The van der Waals surface area contributed by atoms with Crippen LogP contribution in [0.4, 0.5) is 0 Å². The van der Waals surface area contributed by atoms with E-state index in [4.69, 9.17) is 0 Å². The highest BCUT2D eigenvalue weighted by Crippen LogP contribution is 2.22. The van der Waals surface area contributed by atoms with Gasteiger partial charge in [-0.2, -0.15) is 0 Å².